The average Bonchev–Trinajstić information content (AvgIpc) is 3.88. The van der Waals surface area contributed by atoms with Crippen molar-refractivity contribution in [2.75, 3.05) is 20.0 Å². The van der Waals surface area contributed by atoms with Crippen LogP contribution < -0.4 is 14.8 Å². The van der Waals surface area contributed by atoms with Gasteiger partial charge in [-0.3, -0.25) is 9.59 Å². The first kappa shape index (κ1) is 31.1. The number of thiophene rings is 1. The minimum atomic E-state index is -0.277. The number of hydrogen-bond donors (Lipinski definition) is 1. The molecule has 10 nitrogen and oxygen atoms in total. The molecule has 0 radical (unpaired) electrons. The summed E-state index contributed by atoms with van der Waals surface area (Å²) in [5, 5.41) is 20.6. The number of nitrogens with zero attached hydrogens (tertiary/aromatic N) is 5. The predicted molar refractivity (Wildman–Crippen MR) is 179 cm³/mol. The van der Waals surface area contributed by atoms with E-state index in [9.17, 15) is 9.59 Å². The van der Waals surface area contributed by atoms with Gasteiger partial charge in [-0.2, -0.15) is 5.10 Å². The fourth-order valence-electron chi connectivity index (χ4n) is 5.11. The molecule has 0 fully saturated rings. The topological polar surface area (TPSA) is 111 Å². The van der Waals surface area contributed by atoms with Gasteiger partial charge in [-0.1, -0.05) is 60.3 Å². The second kappa shape index (κ2) is 14.4. The molecule has 3 aromatic carbocycles. The quantitative estimate of drug-likeness (QED) is 0.170. The summed E-state index contributed by atoms with van der Waals surface area (Å²) in [6.07, 6.45) is 0.563. The molecule has 0 spiro atoms. The highest BCUT2D eigenvalue weighted by molar-refractivity contribution is 7.99. The van der Waals surface area contributed by atoms with Crippen LogP contribution in [0.4, 0.5) is 0 Å². The van der Waals surface area contributed by atoms with Gasteiger partial charge in [0.15, 0.2) is 11.0 Å². The van der Waals surface area contributed by atoms with Gasteiger partial charge in [0.2, 0.25) is 0 Å². The third-order valence-corrected chi connectivity index (χ3v) is 9.36. The number of carbonyl (C=O) groups is 2. The summed E-state index contributed by atoms with van der Waals surface area (Å²) in [6.45, 7) is 0.693. The molecule has 0 saturated heterocycles. The minimum absolute atomic E-state index is 0.0977. The molecule has 0 bridgehead atoms. The molecule has 12 heteroatoms. The van der Waals surface area contributed by atoms with E-state index in [-0.39, 0.29) is 30.2 Å². The Morgan fingerprint density at radius 2 is 1.63 bits per heavy atom. The van der Waals surface area contributed by atoms with Crippen molar-refractivity contribution in [3.05, 3.63) is 124 Å². The van der Waals surface area contributed by atoms with E-state index in [0.717, 1.165) is 33.9 Å². The number of thioether (sulfide) groups is 1. The molecule has 234 valence electrons. The van der Waals surface area contributed by atoms with Gasteiger partial charge in [-0.15, -0.1) is 21.5 Å². The highest BCUT2D eigenvalue weighted by atomic mass is 32.2. The van der Waals surface area contributed by atoms with Crippen LogP contribution in [0.3, 0.4) is 0 Å². The van der Waals surface area contributed by atoms with Crippen LogP contribution in [0.5, 0.6) is 11.5 Å². The highest BCUT2D eigenvalue weighted by Crippen LogP contribution is 2.35. The SMILES string of the molecule is COc1ccc(C2=NN(C(=O)CSc3nnc(CNC(=O)c4cccs4)n3Cc3ccccc3)[C@@H](c3ccc(OC)cc3)C2)cc1. The molecule has 1 aliphatic rings. The van der Waals surface area contributed by atoms with Gasteiger partial charge >= 0.3 is 0 Å². The normalized spacial score (nSPS) is 14.2. The maximum atomic E-state index is 13.9. The van der Waals surface area contributed by atoms with Crippen LogP contribution >= 0.6 is 23.1 Å². The van der Waals surface area contributed by atoms with Crippen molar-refractivity contribution in [1.82, 2.24) is 25.1 Å². The Morgan fingerprint density at radius 1 is 0.913 bits per heavy atom. The second-order valence-electron chi connectivity index (χ2n) is 10.4. The lowest BCUT2D eigenvalue weighted by molar-refractivity contribution is -0.130. The number of amides is 2. The molecular formula is C34H32N6O4S2. The number of aromatic nitrogens is 3. The van der Waals surface area contributed by atoms with Gasteiger partial charge in [0.1, 0.15) is 11.5 Å². The standard InChI is InChI=1S/C34H32N6O4S2/c1-43-26-14-10-24(11-15-26)28-19-29(25-12-16-27(44-2)17-13-25)40(38-28)32(41)22-46-34-37-36-31(20-35-33(42)30-9-6-18-45-30)39(34)21-23-7-4-3-5-8-23/h3-18,29H,19-22H2,1-2H3,(H,35,42)/t29-/m1/s1. The van der Waals surface area contributed by atoms with E-state index in [1.54, 1.807) is 25.3 Å². The number of carbonyl (C=O) groups excluding carboxylic acids is 2. The van der Waals surface area contributed by atoms with E-state index >= 15 is 0 Å². The lowest BCUT2D eigenvalue weighted by Gasteiger charge is -2.22. The fraction of sp³-hybridized carbons (Fsp3) is 0.206. The third kappa shape index (κ3) is 7.13. The first-order valence-electron chi connectivity index (χ1n) is 14.6. The lowest BCUT2D eigenvalue weighted by Crippen LogP contribution is -2.28. The summed E-state index contributed by atoms with van der Waals surface area (Å²) in [5.41, 5.74) is 3.76. The Labute approximate surface area is 275 Å². The van der Waals surface area contributed by atoms with E-state index in [4.69, 9.17) is 14.6 Å². The van der Waals surface area contributed by atoms with Crippen molar-refractivity contribution < 1.29 is 19.1 Å². The summed E-state index contributed by atoms with van der Waals surface area (Å²) in [5.74, 6) is 1.87. The van der Waals surface area contributed by atoms with Crippen LogP contribution in [-0.2, 0) is 17.9 Å². The molecule has 1 aliphatic heterocycles. The molecule has 46 heavy (non-hydrogen) atoms. The van der Waals surface area contributed by atoms with Crippen molar-refractivity contribution in [3.63, 3.8) is 0 Å². The Balaban J connectivity index is 1.22. The molecule has 2 amide bonds. The zero-order valence-electron chi connectivity index (χ0n) is 25.3. The smallest absolute Gasteiger partial charge is 0.261 e. The van der Waals surface area contributed by atoms with Crippen molar-refractivity contribution in [1.29, 1.82) is 0 Å². The molecule has 5 aromatic rings. The molecule has 6 rings (SSSR count). The van der Waals surface area contributed by atoms with E-state index < -0.39 is 0 Å². The predicted octanol–water partition coefficient (Wildman–Crippen LogP) is 5.81. The Morgan fingerprint density at radius 3 is 2.30 bits per heavy atom. The van der Waals surface area contributed by atoms with Gasteiger partial charge in [0, 0.05) is 6.42 Å². The van der Waals surface area contributed by atoms with Gasteiger partial charge in [0.05, 0.1) is 49.7 Å². The third-order valence-electron chi connectivity index (χ3n) is 7.54. The fourth-order valence-corrected chi connectivity index (χ4v) is 6.56. The summed E-state index contributed by atoms with van der Waals surface area (Å²) < 4.78 is 12.6. The largest absolute Gasteiger partial charge is 0.497 e. The molecule has 1 atom stereocenters. The number of nitrogens with one attached hydrogen (secondary N) is 1. The number of hydrogen-bond acceptors (Lipinski definition) is 9. The number of methoxy groups -OCH3 is 2. The summed E-state index contributed by atoms with van der Waals surface area (Å²) in [4.78, 5) is 27.1. The molecule has 1 N–H and O–H groups in total. The summed E-state index contributed by atoms with van der Waals surface area (Å²) >= 11 is 2.68. The van der Waals surface area contributed by atoms with Crippen molar-refractivity contribution in [2.24, 2.45) is 5.10 Å². The van der Waals surface area contributed by atoms with E-state index in [2.05, 4.69) is 15.5 Å². The molecule has 2 aromatic heterocycles. The monoisotopic (exact) mass is 652 g/mol. The van der Waals surface area contributed by atoms with Crippen LogP contribution in [0.2, 0.25) is 0 Å². The van der Waals surface area contributed by atoms with Crippen LogP contribution in [-0.4, -0.2) is 57.3 Å². The number of rotatable bonds is 12. The number of ether oxygens (including phenoxy) is 2. The summed E-state index contributed by atoms with van der Waals surface area (Å²) in [7, 11) is 3.26. The van der Waals surface area contributed by atoms with Crippen molar-refractivity contribution >= 4 is 40.6 Å². The molecule has 0 aliphatic carbocycles. The summed E-state index contributed by atoms with van der Waals surface area (Å²) in [6, 6.07) is 28.7. The van der Waals surface area contributed by atoms with Crippen molar-refractivity contribution in [3.8, 4) is 11.5 Å². The average molecular weight is 653 g/mol. The first-order valence-corrected chi connectivity index (χ1v) is 16.5. The molecule has 3 heterocycles. The Bertz CT molecular complexity index is 1810. The lowest BCUT2D eigenvalue weighted by atomic mass is 9.98. The first-order chi connectivity index (χ1) is 22.5. The van der Waals surface area contributed by atoms with Gasteiger partial charge in [-0.25, -0.2) is 5.01 Å². The van der Waals surface area contributed by atoms with Crippen LogP contribution in [0.25, 0.3) is 0 Å². The molecular weight excluding hydrogens is 621 g/mol. The van der Waals surface area contributed by atoms with Gasteiger partial charge in [0.25, 0.3) is 11.8 Å². The molecule has 0 unspecified atom stereocenters. The van der Waals surface area contributed by atoms with E-state index in [1.165, 1.54) is 23.1 Å². The maximum absolute atomic E-state index is 13.9. The van der Waals surface area contributed by atoms with Crippen molar-refractivity contribution in [2.45, 2.75) is 30.7 Å². The Kier molecular flexibility index (Phi) is 9.75. The van der Waals surface area contributed by atoms with E-state index in [0.29, 0.717) is 28.8 Å². The Hall–Kier alpha value is -4.94. The number of benzene rings is 3. The maximum Gasteiger partial charge on any atom is 0.261 e. The minimum Gasteiger partial charge on any atom is -0.497 e. The highest BCUT2D eigenvalue weighted by Gasteiger charge is 2.33. The van der Waals surface area contributed by atoms with Gasteiger partial charge < -0.3 is 19.4 Å². The zero-order valence-corrected chi connectivity index (χ0v) is 27.0. The van der Waals surface area contributed by atoms with Gasteiger partial charge in [-0.05, 0) is 64.5 Å². The zero-order chi connectivity index (χ0) is 31.9. The van der Waals surface area contributed by atoms with E-state index in [1.807, 2.05) is 94.9 Å². The van der Waals surface area contributed by atoms with Crippen LogP contribution in [0.15, 0.2) is 107 Å². The molecule has 0 saturated carbocycles. The van der Waals surface area contributed by atoms with Crippen LogP contribution in [0.1, 0.15) is 44.6 Å². The second-order valence-corrected chi connectivity index (χ2v) is 12.3. The number of hydrazone groups is 1. The van der Waals surface area contributed by atoms with Crippen LogP contribution in [0, 0.1) is 0 Å².